The fourth-order valence-corrected chi connectivity index (χ4v) is 4.71. The Labute approximate surface area is 186 Å². The molecule has 2 aromatic carbocycles. The normalized spacial score (nSPS) is 19.7. The number of nitrogens with zero attached hydrogens (tertiary/aromatic N) is 4. The van der Waals surface area contributed by atoms with Crippen LogP contribution in [0.4, 0.5) is 19.7 Å². The van der Waals surface area contributed by atoms with E-state index in [2.05, 4.69) is 9.89 Å². The number of hydrogen-bond acceptors (Lipinski definition) is 4. The van der Waals surface area contributed by atoms with Gasteiger partial charge in [0, 0.05) is 31.9 Å². The molecule has 5 rings (SSSR count). The van der Waals surface area contributed by atoms with Gasteiger partial charge < -0.3 is 14.5 Å². The van der Waals surface area contributed by atoms with Gasteiger partial charge >= 0.3 is 12.1 Å². The van der Waals surface area contributed by atoms with Crippen LogP contribution in [0, 0.1) is 5.82 Å². The van der Waals surface area contributed by atoms with E-state index in [1.54, 1.807) is 21.9 Å². The molecule has 0 saturated carbocycles. The lowest BCUT2D eigenvalue weighted by Gasteiger charge is -2.48. The molecule has 0 unspecified atom stereocenters. The number of likely N-dealkylation sites (tertiary alicyclic amines) is 2. The van der Waals surface area contributed by atoms with E-state index in [1.165, 1.54) is 12.1 Å². The van der Waals surface area contributed by atoms with Crippen LogP contribution in [0.15, 0.2) is 59.6 Å². The molecule has 3 amide bonds. The van der Waals surface area contributed by atoms with Gasteiger partial charge in [-0.05, 0) is 43.0 Å². The molecule has 8 heteroatoms. The first-order valence-electron chi connectivity index (χ1n) is 11.0. The van der Waals surface area contributed by atoms with Gasteiger partial charge in [-0.25, -0.2) is 14.0 Å². The van der Waals surface area contributed by atoms with Crippen LogP contribution >= 0.6 is 0 Å². The number of hydrogen-bond donors (Lipinski definition) is 0. The summed E-state index contributed by atoms with van der Waals surface area (Å²) in [5.41, 5.74) is 0.746. The standard InChI is InChI=1S/C24H25FN4O3/c25-19-8-4-9-20(16-19)29-22(30)26-21(27-12-5-13-27)24(29)10-14-28(15-11-24)23(31)32-17-18-6-2-1-3-7-18/h1-4,6-9,16H,5,10-15,17H2. The first-order chi connectivity index (χ1) is 15.6. The molecule has 0 atom stereocenters. The molecular weight excluding hydrogens is 411 g/mol. The summed E-state index contributed by atoms with van der Waals surface area (Å²) in [5, 5.41) is 0. The second-order valence-electron chi connectivity index (χ2n) is 8.43. The van der Waals surface area contributed by atoms with Crippen molar-refractivity contribution < 1.29 is 18.7 Å². The number of anilines is 1. The Kier molecular flexibility index (Phi) is 5.28. The Balaban J connectivity index is 1.34. The zero-order chi connectivity index (χ0) is 22.1. The van der Waals surface area contributed by atoms with Crippen molar-refractivity contribution in [1.29, 1.82) is 0 Å². The van der Waals surface area contributed by atoms with Gasteiger partial charge in [0.2, 0.25) is 0 Å². The molecule has 2 aromatic rings. The van der Waals surface area contributed by atoms with E-state index in [9.17, 15) is 14.0 Å². The number of halogens is 1. The third kappa shape index (κ3) is 3.59. The molecular formula is C24H25FN4O3. The molecule has 3 aliphatic rings. The maximum Gasteiger partial charge on any atom is 0.410 e. The Hall–Kier alpha value is -3.42. The predicted octanol–water partition coefficient (Wildman–Crippen LogP) is 4.04. The molecule has 0 N–H and O–H groups in total. The van der Waals surface area contributed by atoms with E-state index >= 15 is 0 Å². The molecule has 32 heavy (non-hydrogen) atoms. The van der Waals surface area contributed by atoms with Gasteiger partial charge in [-0.15, -0.1) is 0 Å². The molecule has 2 fully saturated rings. The summed E-state index contributed by atoms with van der Waals surface area (Å²) >= 11 is 0. The number of amidine groups is 1. The quantitative estimate of drug-likeness (QED) is 0.729. The maximum atomic E-state index is 14.0. The highest BCUT2D eigenvalue weighted by Crippen LogP contribution is 2.41. The van der Waals surface area contributed by atoms with Gasteiger partial charge in [0.05, 0.1) is 0 Å². The summed E-state index contributed by atoms with van der Waals surface area (Å²) in [6.45, 7) is 2.79. The summed E-state index contributed by atoms with van der Waals surface area (Å²) in [6, 6.07) is 15.2. The van der Waals surface area contributed by atoms with Crippen LogP contribution in [-0.2, 0) is 11.3 Å². The van der Waals surface area contributed by atoms with Crippen LogP contribution in [0.3, 0.4) is 0 Å². The lowest BCUT2D eigenvalue weighted by molar-refractivity contribution is 0.0829. The molecule has 0 radical (unpaired) electrons. The number of aliphatic imine (C=N–C) groups is 1. The van der Waals surface area contributed by atoms with Crippen LogP contribution in [0.5, 0.6) is 0 Å². The number of piperidine rings is 1. The largest absolute Gasteiger partial charge is 0.445 e. The molecule has 2 saturated heterocycles. The summed E-state index contributed by atoms with van der Waals surface area (Å²) in [6.07, 6.45) is 1.73. The van der Waals surface area contributed by atoms with Crippen molar-refractivity contribution in [2.75, 3.05) is 31.1 Å². The Morgan fingerprint density at radius 1 is 1.03 bits per heavy atom. The minimum atomic E-state index is -0.679. The highest BCUT2D eigenvalue weighted by Gasteiger charge is 2.54. The second-order valence-corrected chi connectivity index (χ2v) is 8.43. The number of urea groups is 1. The number of benzene rings is 2. The molecule has 7 nitrogen and oxygen atoms in total. The van der Waals surface area contributed by atoms with E-state index in [-0.39, 0.29) is 18.7 Å². The molecule has 3 heterocycles. The Morgan fingerprint density at radius 3 is 2.44 bits per heavy atom. The van der Waals surface area contributed by atoms with Crippen LogP contribution in [0.2, 0.25) is 0 Å². The van der Waals surface area contributed by atoms with Crippen molar-refractivity contribution in [3.05, 3.63) is 66.0 Å². The van der Waals surface area contributed by atoms with E-state index in [0.717, 1.165) is 30.9 Å². The fraction of sp³-hybridized carbons (Fsp3) is 0.375. The van der Waals surface area contributed by atoms with Crippen LogP contribution < -0.4 is 4.90 Å². The molecule has 166 valence electrons. The number of carbonyl (C=O) groups is 2. The van der Waals surface area contributed by atoms with Crippen LogP contribution in [0.1, 0.15) is 24.8 Å². The average Bonchev–Trinajstić information content (AvgIpc) is 3.03. The molecule has 0 bridgehead atoms. The van der Waals surface area contributed by atoms with Gasteiger partial charge in [0.15, 0.2) is 0 Å². The monoisotopic (exact) mass is 436 g/mol. The average molecular weight is 436 g/mol. The lowest BCUT2D eigenvalue weighted by atomic mass is 9.83. The van der Waals surface area contributed by atoms with Crippen molar-refractivity contribution >= 4 is 23.6 Å². The zero-order valence-electron chi connectivity index (χ0n) is 17.7. The van der Waals surface area contributed by atoms with Gasteiger partial charge in [-0.2, -0.15) is 4.99 Å². The van der Waals surface area contributed by atoms with Gasteiger partial charge in [-0.1, -0.05) is 36.4 Å². The maximum absolute atomic E-state index is 14.0. The van der Waals surface area contributed by atoms with Gasteiger partial charge in [-0.3, -0.25) is 4.90 Å². The van der Waals surface area contributed by atoms with Crippen molar-refractivity contribution in [3.63, 3.8) is 0 Å². The molecule has 1 spiro atoms. The van der Waals surface area contributed by atoms with Gasteiger partial charge in [0.1, 0.15) is 23.8 Å². The topological polar surface area (TPSA) is 65.5 Å². The fourth-order valence-electron chi connectivity index (χ4n) is 4.71. The Bertz CT molecular complexity index is 1050. The van der Waals surface area contributed by atoms with E-state index in [0.29, 0.717) is 31.6 Å². The molecule has 0 aromatic heterocycles. The number of amides is 3. The summed E-state index contributed by atoms with van der Waals surface area (Å²) in [7, 11) is 0. The first-order valence-corrected chi connectivity index (χ1v) is 11.0. The SMILES string of the molecule is O=C(OCc1ccccc1)N1CCC2(CC1)C(N1CCC1)=NC(=O)N2c1cccc(F)c1. The minimum Gasteiger partial charge on any atom is -0.445 e. The third-order valence-corrected chi connectivity index (χ3v) is 6.51. The number of rotatable bonds is 3. The minimum absolute atomic E-state index is 0.218. The summed E-state index contributed by atoms with van der Waals surface area (Å²) in [5.74, 6) is 0.347. The highest BCUT2D eigenvalue weighted by molar-refractivity contribution is 6.16. The number of carbonyl (C=O) groups excluding carboxylic acids is 2. The number of ether oxygens (including phenoxy) is 1. The summed E-state index contributed by atoms with van der Waals surface area (Å²) in [4.78, 5) is 35.4. The van der Waals surface area contributed by atoms with Crippen LogP contribution in [0.25, 0.3) is 0 Å². The van der Waals surface area contributed by atoms with Gasteiger partial charge in [0.25, 0.3) is 0 Å². The smallest absolute Gasteiger partial charge is 0.410 e. The third-order valence-electron chi connectivity index (χ3n) is 6.51. The molecule has 0 aliphatic carbocycles. The van der Waals surface area contributed by atoms with E-state index in [4.69, 9.17) is 4.74 Å². The summed E-state index contributed by atoms with van der Waals surface area (Å²) < 4.78 is 19.5. The predicted molar refractivity (Wildman–Crippen MR) is 118 cm³/mol. The lowest BCUT2D eigenvalue weighted by Crippen LogP contribution is -2.63. The first kappa shape index (κ1) is 20.5. The van der Waals surface area contributed by atoms with Crippen molar-refractivity contribution in [3.8, 4) is 0 Å². The van der Waals surface area contributed by atoms with Crippen LogP contribution in [-0.4, -0.2) is 59.5 Å². The second kappa shape index (κ2) is 8.26. The van der Waals surface area contributed by atoms with E-state index in [1.807, 2.05) is 30.3 Å². The molecule has 3 aliphatic heterocycles. The van der Waals surface area contributed by atoms with Crippen molar-refractivity contribution in [2.45, 2.75) is 31.4 Å². The van der Waals surface area contributed by atoms with E-state index < -0.39 is 11.4 Å². The zero-order valence-corrected chi connectivity index (χ0v) is 17.7. The van der Waals surface area contributed by atoms with Crippen molar-refractivity contribution in [2.24, 2.45) is 4.99 Å². The van der Waals surface area contributed by atoms with Crippen molar-refractivity contribution in [1.82, 2.24) is 9.80 Å². The Morgan fingerprint density at radius 2 is 1.78 bits per heavy atom. The highest BCUT2D eigenvalue weighted by atomic mass is 19.1.